The Labute approximate surface area is 230 Å². The Morgan fingerprint density at radius 1 is 1.05 bits per heavy atom. The highest BCUT2D eigenvalue weighted by Gasteiger charge is 2.37. The molecule has 1 aliphatic rings. The summed E-state index contributed by atoms with van der Waals surface area (Å²) < 4.78 is 19.2. The van der Waals surface area contributed by atoms with E-state index in [9.17, 15) is 9.90 Å². The van der Waals surface area contributed by atoms with Crippen LogP contribution in [0.3, 0.4) is 0 Å². The van der Waals surface area contributed by atoms with Gasteiger partial charge in [0.05, 0.1) is 13.2 Å². The number of nitrogens with zero attached hydrogens (tertiary/aromatic N) is 4. The number of hydrogen-bond acceptors (Lipinski definition) is 7. The highest BCUT2D eigenvalue weighted by atomic mass is 16.5. The number of benzene rings is 2. The number of β-amino-alcohol motifs (C(OH)–C–C–N with tert-alkyl or cyclic N) is 1. The zero-order valence-corrected chi connectivity index (χ0v) is 23.2. The Kier molecular flexibility index (Phi) is 9.97. The highest BCUT2D eigenvalue weighted by molar-refractivity contribution is 5.77. The van der Waals surface area contributed by atoms with Crippen LogP contribution in [-0.2, 0) is 22.6 Å². The molecule has 0 aliphatic carbocycles. The van der Waals surface area contributed by atoms with E-state index in [-0.39, 0.29) is 25.7 Å². The minimum atomic E-state index is -1.25. The zero-order valence-electron chi connectivity index (χ0n) is 23.2. The lowest BCUT2D eigenvalue weighted by molar-refractivity contribution is -0.138. The van der Waals surface area contributed by atoms with Gasteiger partial charge in [-0.25, -0.2) is 4.98 Å². The minimum Gasteiger partial charge on any atom is -0.494 e. The fourth-order valence-corrected chi connectivity index (χ4v) is 4.80. The first-order chi connectivity index (χ1) is 18.8. The standard InChI is InChI=1S/C30H40N4O5/c1-24-8-10-27(11-9-24)39-23-30(36)21-32(15-16-34(22-30)29(35)20-37-3)19-26-6-4-7-28(18-26)38-17-5-13-33-14-12-31-25(33)2/h4,6-12,14,18,36H,5,13,15-17,19-23H2,1-3H3/t30-/m0/s1. The molecule has 1 fully saturated rings. The average molecular weight is 537 g/mol. The van der Waals surface area contributed by atoms with E-state index in [1.54, 1.807) is 4.90 Å². The maximum Gasteiger partial charge on any atom is 0.248 e. The van der Waals surface area contributed by atoms with E-state index in [4.69, 9.17) is 14.2 Å². The summed E-state index contributed by atoms with van der Waals surface area (Å²) in [6, 6.07) is 15.8. The number of imidazole rings is 1. The SMILES string of the molecule is COCC(=O)N1CCN(Cc2cccc(OCCCn3ccnc3C)c2)C[C@@](O)(COc2ccc(C)cc2)C1. The van der Waals surface area contributed by atoms with Crippen molar-refractivity contribution >= 4 is 5.91 Å². The van der Waals surface area contributed by atoms with Crippen LogP contribution in [0.25, 0.3) is 0 Å². The number of amides is 1. The van der Waals surface area contributed by atoms with E-state index in [1.807, 2.05) is 68.7 Å². The molecule has 1 aliphatic heterocycles. The third-order valence-corrected chi connectivity index (χ3v) is 6.88. The van der Waals surface area contributed by atoms with Gasteiger partial charge in [0.15, 0.2) is 0 Å². The van der Waals surface area contributed by atoms with Crippen molar-refractivity contribution in [3.8, 4) is 11.5 Å². The molecule has 210 valence electrons. The van der Waals surface area contributed by atoms with Crippen molar-refractivity contribution in [2.24, 2.45) is 0 Å². The molecule has 1 aromatic heterocycles. The minimum absolute atomic E-state index is 0.0191. The average Bonchev–Trinajstić information content (AvgIpc) is 3.25. The summed E-state index contributed by atoms with van der Waals surface area (Å²) in [5, 5.41) is 11.7. The normalized spacial score (nSPS) is 18.1. The molecule has 2 heterocycles. The summed E-state index contributed by atoms with van der Waals surface area (Å²) in [7, 11) is 1.50. The van der Waals surface area contributed by atoms with Crippen molar-refractivity contribution in [2.75, 3.05) is 53.1 Å². The van der Waals surface area contributed by atoms with Crippen molar-refractivity contribution in [1.82, 2.24) is 19.4 Å². The predicted octanol–water partition coefficient (Wildman–Crippen LogP) is 3.07. The molecule has 2 aromatic carbocycles. The summed E-state index contributed by atoms with van der Waals surface area (Å²) in [6.45, 7) is 7.82. The third kappa shape index (κ3) is 8.54. The maximum atomic E-state index is 12.7. The van der Waals surface area contributed by atoms with E-state index in [2.05, 4.69) is 20.5 Å². The summed E-state index contributed by atoms with van der Waals surface area (Å²) in [4.78, 5) is 20.8. The van der Waals surface area contributed by atoms with Gasteiger partial charge < -0.3 is 28.8 Å². The van der Waals surface area contributed by atoms with E-state index < -0.39 is 5.60 Å². The lowest BCUT2D eigenvalue weighted by atomic mass is 10.0. The van der Waals surface area contributed by atoms with Crippen LogP contribution in [0, 0.1) is 13.8 Å². The van der Waals surface area contributed by atoms with Gasteiger partial charge >= 0.3 is 0 Å². The number of aromatic nitrogens is 2. The number of carbonyl (C=O) groups excluding carboxylic acids is 1. The van der Waals surface area contributed by atoms with Crippen molar-refractivity contribution < 1.29 is 24.1 Å². The zero-order chi connectivity index (χ0) is 27.7. The Bertz CT molecular complexity index is 1200. The topological polar surface area (TPSA) is 89.3 Å². The van der Waals surface area contributed by atoms with Gasteiger partial charge in [0.25, 0.3) is 0 Å². The molecule has 0 unspecified atom stereocenters. The molecule has 0 radical (unpaired) electrons. The van der Waals surface area contributed by atoms with Gasteiger partial charge in [-0.3, -0.25) is 9.69 Å². The second kappa shape index (κ2) is 13.6. The number of carbonyl (C=O) groups is 1. The monoisotopic (exact) mass is 536 g/mol. The number of hydrogen-bond donors (Lipinski definition) is 1. The van der Waals surface area contributed by atoms with Gasteiger partial charge in [0, 0.05) is 52.2 Å². The van der Waals surface area contributed by atoms with E-state index >= 15 is 0 Å². The first-order valence-electron chi connectivity index (χ1n) is 13.4. The van der Waals surface area contributed by atoms with Gasteiger partial charge in [-0.1, -0.05) is 29.8 Å². The molecular weight excluding hydrogens is 496 g/mol. The second-order valence-corrected chi connectivity index (χ2v) is 10.3. The van der Waals surface area contributed by atoms with Gasteiger partial charge in [-0.15, -0.1) is 0 Å². The number of methoxy groups -OCH3 is 1. The van der Waals surface area contributed by atoms with Crippen LogP contribution in [0.2, 0.25) is 0 Å². The number of aryl methyl sites for hydroxylation is 3. The van der Waals surface area contributed by atoms with Gasteiger partial charge in [-0.05, 0) is 50.1 Å². The first-order valence-corrected chi connectivity index (χ1v) is 13.4. The third-order valence-electron chi connectivity index (χ3n) is 6.88. The second-order valence-electron chi connectivity index (χ2n) is 10.3. The van der Waals surface area contributed by atoms with Crippen LogP contribution >= 0.6 is 0 Å². The number of aliphatic hydroxyl groups is 1. The quantitative estimate of drug-likeness (QED) is 0.356. The fourth-order valence-electron chi connectivity index (χ4n) is 4.80. The Balaban J connectivity index is 1.38. The molecule has 0 spiro atoms. The smallest absolute Gasteiger partial charge is 0.248 e. The van der Waals surface area contributed by atoms with Gasteiger partial charge in [0.2, 0.25) is 5.91 Å². The van der Waals surface area contributed by atoms with Gasteiger partial charge in [-0.2, -0.15) is 0 Å². The Morgan fingerprint density at radius 2 is 1.87 bits per heavy atom. The van der Waals surface area contributed by atoms with Crippen LogP contribution < -0.4 is 9.47 Å². The van der Waals surface area contributed by atoms with Crippen LogP contribution in [0.4, 0.5) is 0 Å². The summed E-state index contributed by atoms with van der Waals surface area (Å²) in [6.07, 6.45) is 4.67. The summed E-state index contributed by atoms with van der Waals surface area (Å²) in [5.74, 6) is 2.36. The maximum absolute atomic E-state index is 12.7. The lowest BCUT2D eigenvalue weighted by Crippen LogP contribution is -2.52. The molecule has 9 nitrogen and oxygen atoms in total. The van der Waals surface area contributed by atoms with Crippen molar-refractivity contribution in [3.63, 3.8) is 0 Å². The molecule has 1 amide bonds. The molecule has 9 heteroatoms. The first kappa shape index (κ1) is 28.6. The molecule has 0 saturated carbocycles. The van der Waals surface area contributed by atoms with Gasteiger partial charge in [0.1, 0.15) is 36.1 Å². The molecule has 0 bridgehead atoms. The van der Waals surface area contributed by atoms with Crippen molar-refractivity contribution in [3.05, 3.63) is 77.9 Å². The molecule has 1 saturated heterocycles. The van der Waals surface area contributed by atoms with Crippen LogP contribution in [-0.4, -0.2) is 89.1 Å². The fraction of sp³-hybridized carbons (Fsp3) is 0.467. The van der Waals surface area contributed by atoms with Crippen LogP contribution in [0.1, 0.15) is 23.4 Å². The molecule has 4 rings (SSSR count). The number of rotatable bonds is 12. The van der Waals surface area contributed by atoms with E-state index in [0.29, 0.717) is 38.5 Å². The largest absolute Gasteiger partial charge is 0.494 e. The Morgan fingerprint density at radius 3 is 2.62 bits per heavy atom. The Hall–Kier alpha value is -3.40. The molecular formula is C30H40N4O5. The summed E-state index contributed by atoms with van der Waals surface area (Å²) >= 11 is 0. The van der Waals surface area contributed by atoms with Crippen LogP contribution in [0.15, 0.2) is 60.9 Å². The van der Waals surface area contributed by atoms with Crippen molar-refractivity contribution in [1.29, 1.82) is 0 Å². The van der Waals surface area contributed by atoms with E-state index in [0.717, 1.165) is 35.7 Å². The van der Waals surface area contributed by atoms with Crippen LogP contribution in [0.5, 0.6) is 11.5 Å². The predicted molar refractivity (Wildman–Crippen MR) is 149 cm³/mol. The molecule has 3 aromatic rings. The molecule has 1 N–H and O–H groups in total. The number of ether oxygens (including phenoxy) is 3. The molecule has 1 atom stereocenters. The van der Waals surface area contributed by atoms with Crippen molar-refractivity contribution in [2.45, 2.75) is 39.0 Å². The van der Waals surface area contributed by atoms with E-state index in [1.165, 1.54) is 7.11 Å². The summed E-state index contributed by atoms with van der Waals surface area (Å²) in [5.41, 5.74) is 0.971. The lowest BCUT2D eigenvalue weighted by Gasteiger charge is -2.33. The molecule has 39 heavy (non-hydrogen) atoms. The highest BCUT2D eigenvalue weighted by Crippen LogP contribution is 2.22.